The van der Waals surface area contributed by atoms with Gasteiger partial charge in [0.1, 0.15) is 5.78 Å². The van der Waals surface area contributed by atoms with E-state index in [4.69, 9.17) is 0 Å². The number of rotatable bonds is 5. The topological polar surface area (TPSA) is 17.1 Å². The minimum atomic E-state index is 0.335. The van der Waals surface area contributed by atoms with Crippen molar-refractivity contribution in [3.8, 4) is 0 Å². The first-order valence-corrected chi connectivity index (χ1v) is 12.6. The third-order valence-electron chi connectivity index (χ3n) is 10.3. The van der Waals surface area contributed by atoms with Gasteiger partial charge in [-0.05, 0) is 98.2 Å². The van der Waals surface area contributed by atoms with Crippen LogP contribution in [0.2, 0.25) is 0 Å². The van der Waals surface area contributed by atoms with Crippen LogP contribution in [0.4, 0.5) is 0 Å². The van der Waals surface area contributed by atoms with E-state index in [0.29, 0.717) is 28.4 Å². The highest BCUT2D eigenvalue weighted by Gasteiger charge is 2.55. The number of Topliss-reactive ketones (excluding diaryl/α,β-unsaturated/α-hetero) is 1. The number of hydrogen-bond donors (Lipinski definition) is 0. The minimum Gasteiger partial charge on any atom is -0.300 e. The second-order valence-corrected chi connectivity index (χ2v) is 12.0. The summed E-state index contributed by atoms with van der Waals surface area (Å²) in [6.45, 7) is 16.6. The zero-order valence-electron chi connectivity index (χ0n) is 19.8. The SMILES string of the molecule is C=C(CC[C@@H](C)[C@H]1CC[C@H]2C3=C(CC[C@]12C)[C@@]1(C)CCC(=O)C[C@@H]1CC3)C(C)C. The molecular weight excluding hydrogens is 352 g/mol. The first-order valence-electron chi connectivity index (χ1n) is 12.6. The highest BCUT2D eigenvalue weighted by molar-refractivity contribution is 5.80. The summed E-state index contributed by atoms with van der Waals surface area (Å²) in [5, 5.41) is 0. The van der Waals surface area contributed by atoms with E-state index in [1.165, 1.54) is 56.9 Å². The van der Waals surface area contributed by atoms with Gasteiger partial charge in [-0.25, -0.2) is 0 Å². The highest BCUT2D eigenvalue weighted by atomic mass is 16.1. The molecule has 2 saturated carbocycles. The fourth-order valence-electron chi connectivity index (χ4n) is 8.13. The van der Waals surface area contributed by atoms with Gasteiger partial charge in [0.2, 0.25) is 0 Å². The van der Waals surface area contributed by atoms with Gasteiger partial charge in [-0.3, -0.25) is 4.79 Å². The fourth-order valence-corrected chi connectivity index (χ4v) is 8.13. The van der Waals surface area contributed by atoms with Crippen LogP contribution in [0.3, 0.4) is 0 Å². The van der Waals surface area contributed by atoms with Gasteiger partial charge in [0, 0.05) is 12.8 Å². The number of hydrogen-bond acceptors (Lipinski definition) is 1. The summed E-state index contributed by atoms with van der Waals surface area (Å²) >= 11 is 0. The van der Waals surface area contributed by atoms with Gasteiger partial charge in [-0.15, -0.1) is 0 Å². The molecule has 6 atom stereocenters. The Labute approximate surface area is 179 Å². The Kier molecular flexibility index (Phi) is 5.67. The van der Waals surface area contributed by atoms with E-state index in [-0.39, 0.29) is 0 Å². The molecule has 162 valence electrons. The third-order valence-corrected chi connectivity index (χ3v) is 10.3. The molecule has 1 heteroatoms. The van der Waals surface area contributed by atoms with E-state index < -0.39 is 0 Å². The number of ketones is 1. The molecule has 0 amide bonds. The van der Waals surface area contributed by atoms with Crippen LogP contribution in [-0.4, -0.2) is 5.78 Å². The lowest BCUT2D eigenvalue weighted by molar-refractivity contribution is -0.124. The maximum absolute atomic E-state index is 12.1. The molecule has 0 bridgehead atoms. The van der Waals surface area contributed by atoms with Gasteiger partial charge in [-0.2, -0.15) is 0 Å². The maximum atomic E-state index is 12.1. The van der Waals surface area contributed by atoms with Gasteiger partial charge in [0.25, 0.3) is 0 Å². The molecule has 0 aromatic carbocycles. The molecule has 0 aromatic heterocycles. The maximum Gasteiger partial charge on any atom is 0.133 e. The average molecular weight is 397 g/mol. The summed E-state index contributed by atoms with van der Waals surface area (Å²) < 4.78 is 0. The molecule has 0 saturated heterocycles. The number of fused-ring (bicyclic) bond motifs is 4. The molecule has 0 unspecified atom stereocenters. The third kappa shape index (κ3) is 3.49. The molecule has 4 aliphatic rings. The smallest absolute Gasteiger partial charge is 0.133 e. The van der Waals surface area contributed by atoms with Crippen molar-refractivity contribution in [3.63, 3.8) is 0 Å². The van der Waals surface area contributed by atoms with E-state index in [0.717, 1.165) is 37.0 Å². The van der Waals surface area contributed by atoms with Crippen molar-refractivity contribution in [3.05, 3.63) is 23.3 Å². The van der Waals surface area contributed by atoms with Crippen molar-refractivity contribution >= 4 is 5.78 Å². The standard InChI is InChI=1S/C28H44O/c1-18(2)19(3)7-8-20(4)24-11-12-25-23-10-9-21-17-22(29)13-15-27(21,5)26(23)14-16-28(24,25)6/h18,20-21,24-25H,3,7-17H2,1-2,4-6H3/t20-,21+,24-,25+,27+,28-/m1/s1. The molecule has 4 rings (SSSR count). The van der Waals surface area contributed by atoms with Crippen LogP contribution >= 0.6 is 0 Å². The highest BCUT2D eigenvalue weighted by Crippen LogP contribution is 2.65. The monoisotopic (exact) mass is 396 g/mol. The summed E-state index contributed by atoms with van der Waals surface area (Å²) in [5.41, 5.74) is 5.97. The average Bonchev–Trinajstić information content (AvgIpc) is 3.03. The Balaban J connectivity index is 1.53. The van der Waals surface area contributed by atoms with Crippen LogP contribution in [0.25, 0.3) is 0 Å². The van der Waals surface area contributed by atoms with E-state index in [9.17, 15) is 4.79 Å². The van der Waals surface area contributed by atoms with Crippen LogP contribution in [0.5, 0.6) is 0 Å². The zero-order chi connectivity index (χ0) is 21.0. The van der Waals surface area contributed by atoms with E-state index in [1.54, 1.807) is 0 Å². The lowest BCUT2D eigenvalue weighted by Gasteiger charge is -2.54. The van der Waals surface area contributed by atoms with Crippen LogP contribution in [-0.2, 0) is 4.79 Å². The quantitative estimate of drug-likeness (QED) is 0.431. The van der Waals surface area contributed by atoms with E-state index >= 15 is 0 Å². The van der Waals surface area contributed by atoms with Gasteiger partial charge in [-0.1, -0.05) is 57.9 Å². The van der Waals surface area contributed by atoms with Crippen molar-refractivity contribution in [2.45, 2.75) is 105 Å². The molecule has 0 aliphatic heterocycles. The van der Waals surface area contributed by atoms with Crippen molar-refractivity contribution in [2.24, 2.45) is 40.4 Å². The summed E-state index contributed by atoms with van der Waals surface area (Å²) in [4.78, 5) is 12.1. The Hall–Kier alpha value is -0.850. The normalized spacial score (nSPS) is 40.5. The summed E-state index contributed by atoms with van der Waals surface area (Å²) in [6.07, 6.45) is 13.4. The molecule has 0 spiro atoms. The van der Waals surface area contributed by atoms with E-state index in [2.05, 4.69) is 41.2 Å². The van der Waals surface area contributed by atoms with Gasteiger partial charge in [0.15, 0.2) is 0 Å². The van der Waals surface area contributed by atoms with Gasteiger partial charge in [0.05, 0.1) is 0 Å². The zero-order valence-corrected chi connectivity index (χ0v) is 19.8. The second kappa shape index (κ2) is 7.69. The molecule has 0 aromatic rings. The van der Waals surface area contributed by atoms with Gasteiger partial charge < -0.3 is 0 Å². The molecule has 0 heterocycles. The summed E-state index contributed by atoms with van der Waals surface area (Å²) in [6, 6.07) is 0. The molecule has 2 fully saturated rings. The Morgan fingerprint density at radius 2 is 1.83 bits per heavy atom. The summed E-state index contributed by atoms with van der Waals surface area (Å²) in [5.74, 6) is 4.28. The first-order chi connectivity index (χ1) is 13.7. The van der Waals surface area contributed by atoms with Crippen molar-refractivity contribution in [1.82, 2.24) is 0 Å². The van der Waals surface area contributed by atoms with Gasteiger partial charge >= 0.3 is 0 Å². The molecule has 1 nitrogen and oxygen atoms in total. The molecular formula is C28H44O. The Bertz CT molecular complexity index is 712. The lowest BCUT2D eigenvalue weighted by atomic mass is 9.50. The molecule has 0 N–H and O–H groups in total. The summed E-state index contributed by atoms with van der Waals surface area (Å²) in [7, 11) is 0. The molecule has 4 aliphatic carbocycles. The molecule has 0 radical (unpaired) electrons. The van der Waals surface area contributed by atoms with Crippen LogP contribution in [0.1, 0.15) is 105 Å². The first kappa shape index (κ1) is 21.4. The number of carbonyl (C=O) groups is 1. The largest absolute Gasteiger partial charge is 0.300 e. The van der Waals surface area contributed by atoms with Crippen molar-refractivity contribution in [1.29, 1.82) is 0 Å². The predicted octanol–water partition coefficient (Wildman–Crippen LogP) is 7.91. The van der Waals surface area contributed by atoms with Crippen LogP contribution in [0.15, 0.2) is 23.3 Å². The van der Waals surface area contributed by atoms with Crippen molar-refractivity contribution < 1.29 is 4.79 Å². The number of allylic oxidation sites excluding steroid dienone is 3. The van der Waals surface area contributed by atoms with E-state index in [1.807, 2.05) is 11.1 Å². The fraction of sp³-hybridized carbons (Fsp3) is 0.821. The lowest BCUT2D eigenvalue weighted by Crippen LogP contribution is -2.45. The minimum absolute atomic E-state index is 0.335. The second-order valence-electron chi connectivity index (χ2n) is 12.0. The molecule has 29 heavy (non-hydrogen) atoms. The van der Waals surface area contributed by atoms with Crippen LogP contribution < -0.4 is 0 Å². The van der Waals surface area contributed by atoms with Crippen LogP contribution in [0, 0.1) is 40.4 Å². The Morgan fingerprint density at radius 3 is 2.55 bits per heavy atom. The van der Waals surface area contributed by atoms with Crippen molar-refractivity contribution in [2.75, 3.05) is 0 Å². The Morgan fingerprint density at radius 1 is 1.07 bits per heavy atom. The number of carbonyl (C=O) groups excluding carboxylic acids is 1. The predicted molar refractivity (Wildman–Crippen MR) is 123 cm³/mol.